The number of aromatic nitrogens is 3. The maximum atomic E-state index is 11.9. The number of aromatic amines is 1. The van der Waals surface area contributed by atoms with E-state index in [4.69, 9.17) is 9.47 Å². The standard InChI is InChI=1S/C11H12N4O3/c1-17-8-5-3-4-7(6-8)9(16)12-10-13-11(18-2)15-14-10/h3-6H,1-2H3,(H2,12,13,14,15,16). The van der Waals surface area contributed by atoms with Crippen molar-refractivity contribution < 1.29 is 14.3 Å². The Kier molecular flexibility index (Phi) is 3.42. The molecule has 0 saturated carbocycles. The Balaban J connectivity index is 2.11. The molecular formula is C11H12N4O3. The van der Waals surface area contributed by atoms with Crippen LogP contribution in [0.2, 0.25) is 0 Å². The fourth-order valence-corrected chi connectivity index (χ4v) is 1.34. The van der Waals surface area contributed by atoms with E-state index in [2.05, 4.69) is 20.5 Å². The fourth-order valence-electron chi connectivity index (χ4n) is 1.34. The van der Waals surface area contributed by atoms with E-state index in [-0.39, 0.29) is 17.9 Å². The Labute approximate surface area is 103 Å². The van der Waals surface area contributed by atoms with Crippen molar-refractivity contribution in [2.45, 2.75) is 0 Å². The minimum Gasteiger partial charge on any atom is -0.497 e. The lowest BCUT2D eigenvalue weighted by Gasteiger charge is -2.03. The SMILES string of the molecule is COc1cccc(C(=O)Nc2nc(OC)n[nH]2)c1. The molecule has 7 heteroatoms. The van der Waals surface area contributed by atoms with Crippen LogP contribution >= 0.6 is 0 Å². The van der Waals surface area contributed by atoms with Crippen molar-refractivity contribution in [1.82, 2.24) is 15.2 Å². The summed E-state index contributed by atoms with van der Waals surface area (Å²) < 4.78 is 9.83. The second-order valence-corrected chi connectivity index (χ2v) is 3.36. The van der Waals surface area contributed by atoms with Crippen LogP contribution in [0.25, 0.3) is 0 Å². The Morgan fingerprint density at radius 2 is 2.17 bits per heavy atom. The highest BCUT2D eigenvalue weighted by Crippen LogP contribution is 2.14. The summed E-state index contributed by atoms with van der Waals surface area (Å²) in [6, 6.07) is 6.95. The molecule has 2 rings (SSSR count). The average Bonchev–Trinajstić information content (AvgIpc) is 2.86. The number of rotatable bonds is 4. The van der Waals surface area contributed by atoms with E-state index in [1.165, 1.54) is 7.11 Å². The number of nitrogens with zero attached hydrogens (tertiary/aromatic N) is 2. The van der Waals surface area contributed by atoms with Gasteiger partial charge in [0.25, 0.3) is 5.91 Å². The number of carbonyl (C=O) groups excluding carboxylic acids is 1. The molecular weight excluding hydrogens is 236 g/mol. The fraction of sp³-hybridized carbons (Fsp3) is 0.182. The molecule has 0 aliphatic carbocycles. The van der Waals surface area contributed by atoms with Crippen molar-refractivity contribution in [3.8, 4) is 11.8 Å². The number of hydrogen-bond donors (Lipinski definition) is 2. The van der Waals surface area contributed by atoms with Crippen LogP contribution in [0.1, 0.15) is 10.4 Å². The van der Waals surface area contributed by atoms with Crippen molar-refractivity contribution >= 4 is 11.9 Å². The highest BCUT2D eigenvalue weighted by Gasteiger charge is 2.10. The second kappa shape index (κ2) is 5.17. The molecule has 0 spiro atoms. The van der Waals surface area contributed by atoms with Crippen LogP contribution in [0.5, 0.6) is 11.8 Å². The van der Waals surface area contributed by atoms with Gasteiger partial charge in [-0.2, -0.15) is 4.98 Å². The number of benzene rings is 1. The van der Waals surface area contributed by atoms with Crippen molar-refractivity contribution in [2.75, 3.05) is 19.5 Å². The van der Waals surface area contributed by atoms with Crippen molar-refractivity contribution in [3.05, 3.63) is 29.8 Å². The number of ether oxygens (including phenoxy) is 2. The lowest BCUT2D eigenvalue weighted by atomic mass is 10.2. The van der Waals surface area contributed by atoms with Crippen LogP contribution in [0.4, 0.5) is 5.95 Å². The summed E-state index contributed by atoms with van der Waals surface area (Å²) in [6.45, 7) is 0. The molecule has 0 fully saturated rings. The maximum Gasteiger partial charge on any atom is 0.336 e. The summed E-state index contributed by atoms with van der Waals surface area (Å²) in [6.07, 6.45) is 0. The first-order chi connectivity index (χ1) is 8.72. The first-order valence-corrected chi connectivity index (χ1v) is 5.14. The van der Waals surface area contributed by atoms with E-state index < -0.39 is 0 Å². The molecule has 1 aromatic heterocycles. The maximum absolute atomic E-state index is 11.9. The van der Waals surface area contributed by atoms with Gasteiger partial charge in [0.2, 0.25) is 5.95 Å². The number of H-pyrrole nitrogens is 1. The van der Waals surface area contributed by atoms with Crippen molar-refractivity contribution in [3.63, 3.8) is 0 Å². The van der Waals surface area contributed by atoms with Crippen molar-refractivity contribution in [1.29, 1.82) is 0 Å². The number of amides is 1. The van der Waals surface area contributed by atoms with Crippen LogP contribution in [-0.2, 0) is 0 Å². The first kappa shape index (κ1) is 11.9. The zero-order valence-electron chi connectivity index (χ0n) is 9.93. The summed E-state index contributed by atoms with van der Waals surface area (Å²) >= 11 is 0. The number of nitrogens with one attached hydrogen (secondary N) is 2. The normalized spacial score (nSPS) is 9.89. The molecule has 1 aromatic carbocycles. The third-order valence-corrected chi connectivity index (χ3v) is 2.21. The van der Waals surface area contributed by atoms with Gasteiger partial charge in [-0.1, -0.05) is 6.07 Å². The lowest BCUT2D eigenvalue weighted by Crippen LogP contribution is -2.13. The molecule has 1 amide bonds. The molecule has 18 heavy (non-hydrogen) atoms. The van der Waals surface area contributed by atoms with Gasteiger partial charge >= 0.3 is 6.01 Å². The lowest BCUT2D eigenvalue weighted by molar-refractivity contribution is 0.102. The van der Waals surface area contributed by atoms with E-state index in [0.717, 1.165) is 0 Å². The van der Waals surface area contributed by atoms with E-state index in [1.54, 1.807) is 31.4 Å². The van der Waals surface area contributed by atoms with Gasteiger partial charge in [-0.3, -0.25) is 10.1 Å². The van der Waals surface area contributed by atoms with Crippen LogP contribution < -0.4 is 14.8 Å². The zero-order valence-corrected chi connectivity index (χ0v) is 9.93. The number of anilines is 1. The van der Waals surface area contributed by atoms with E-state index in [9.17, 15) is 4.79 Å². The van der Waals surface area contributed by atoms with Gasteiger partial charge in [0.1, 0.15) is 5.75 Å². The molecule has 1 heterocycles. The third-order valence-electron chi connectivity index (χ3n) is 2.21. The van der Waals surface area contributed by atoms with Gasteiger partial charge in [0, 0.05) is 5.56 Å². The molecule has 2 aromatic rings. The molecule has 0 aliphatic heterocycles. The Morgan fingerprint density at radius 3 is 2.83 bits per heavy atom. The molecule has 0 radical (unpaired) electrons. The van der Waals surface area contributed by atoms with Gasteiger partial charge in [-0.25, -0.2) is 5.10 Å². The molecule has 94 valence electrons. The average molecular weight is 248 g/mol. The monoisotopic (exact) mass is 248 g/mol. The third kappa shape index (κ3) is 2.57. The first-order valence-electron chi connectivity index (χ1n) is 5.14. The van der Waals surface area contributed by atoms with Gasteiger partial charge < -0.3 is 9.47 Å². The minimum absolute atomic E-state index is 0.163. The number of hydrogen-bond acceptors (Lipinski definition) is 5. The Hall–Kier alpha value is -2.57. The minimum atomic E-state index is -0.312. The summed E-state index contributed by atoms with van der Waals surface area (Å²) in [4.78, 5) is 15.8. The van der Waals surface area contributed by atoms with E-state index >= 15 is 0 Å². The topological polar surface area (TPSA) is 89.1 Å². The summed E-state index contributed by atoms with van der Waals surface area (Å²) in [5.41, 5.74) is 0.463. The summed E-state index contributed by atoms with van der Waals surface area (Å²) in [7, 11) is 2.98. The predicted molar refractivity (Wildman–Crippen MR) is 63.9 cm³/mol. The predicted octanol–water partition coefficient (Wildman–Crippen LogP) is 1.07. The molecule has 0 saturated heterocycles. The van der Waals surface area contributed by atoms with Gasteiger partial charge in [0.05, 0.1) is 14.2 Å². The van der Waals surface area contributed by atoms with Crippen LogP contribution in [-0.4, -0.2) is 35.3 Å². The molecule has 0 bridgehead atoms. The highest BCUT2D eigenvalue weighted by atomic mass is 16.5. The van der Waals surface area contributed by atoms with Gasteiger partial charge in [-0.15, -0.1) is 5.10 Å². The smallest absolute Gasteiger partial charge is 0.336 e. The van der Waals surface area contributed by atoms with Crippen LogP contribution in [0, 0.1) is 0 Å². The van der Waals surface area contributed by atoms with Crippen LogP contribution in [0.3, 0.4) is 0 Å². The largest absolute Gasteiger partial charge is 0.497 e. The zero-order chi connectivity index (χ0) is 13.0. The molecule has 0 unspecified atom stereocenters. The molecule has 7 nitrogen and oxygen atoms in total. The number of methoxy groups -OCH3 is 2. The quantitative estimate of drug-likeness (QED) is 0.844. The summed E-state index contributed by atoms with van der Waals surface area (Å²) in [5.74, 6) is 0.519. The van der Waals surface area contributed by atoms with E-state index in [1.807, 2.05) is 0 Å². The molecule has 2 N–H and O–H groups in total. The highest BCUT2D eigenvalue weighted by molar-refractivity contribution is 6.03. The van der Waals surface area contributed by atoms with Gasteiger partial charge in [0.15, 0.2) is 0 Å². The van der Waals surface area contributed by atoms with Crippen molar-refractivity contribution in [2.24, 2.45) is 0 Å². The number of carbonyl (C=O) groups is 1. The Morgan fingerprint density at radius 1 is 1.33 bits per heavy atom. The molecule has 0 aliphatic rings. The Bertz CT molecular complexity index is 553. The molecule has 0 atom stereocenters. The second-order valence-electron chi connectivity index (χ2n) is 3.36. The van der Waals surface area contributed by atoms with E-state index in [0.29, 0.717) is 11.3 Å². The van der Waals surface area contributed by atoms with Crippen LogP contribution in [0.15, 0.2) is 24.3 Å². The van der Waals surface area contributed by atoms with Gasteiger partial charge in [-0.05, 0) is 18.2 Å². The summed E-state index contributed by atoms with van der Waals surface area (Å²) in [5, 5.41) is 8.81.